The quantitative estimate of drug-likeness (QED) is 0.703. The second-order valence-corrected chi connectivity index (χ2v) is 4.76. The first kappa shape index (κ1) is 15.4. The van der Waals surface area contributed by atoms with Crippen molar-refractivity contribution >= 4 is 15.9 Å². The molecule has 0 fully saturated rings. The zero-order valence-corrected chi connectivity index (χ0v) is 12.2. The van der Waals surface area contributed by atoms with E-state index in [1.54, 1.807) is 18.2 Å². The zero-order chi connectivity index (χ0) is 15.5. The summed E-state index contributed by atoms with van der Waals surface area (Å²) in [6, 6.07) is 11.4. The van der Waals surface area contributed by atoms with Gasteiger partial charge in [-0.05, 0) is 35.9 Å². The fourth-order valence-corrected chi connectivity index (χ4v) is 2.05. The topological polar surface area (TPSA) is 33.0 Å². The third-order valence-electron chi connectivity index (χ3n) is 2.71. The van der Waals surface area contributed by atoms with Crippen LogP contribution < -0.4 is 4.74 Å². The Bertz CT molecular complexity index is 692. The minimum absolute atomic E-state index is 0.0351. The highest BCUT2D eigenvalue weighted by Crippen LogP contribution is 2.33. The molecule has 108 valence electrons. The van der Waals surface area contributed by atoms with Crippen LogP contribution in [0.5, 0.6) is 11.5 Å². The molecule has 0 atom stereocenters. The largest absolute Gasteiger partial charge is 0.456 e. The SMILES string of the molecule is N#Cc1cc(CBr)ccc1Oc1cccc(C(F)(F)F)c1. The molecule has 2 nitrogen and oxygen atoms in total. The van der Waals surface area contributed by atoms with Gasteiger partial charge in [-0.3, -0.25) is 0 Å². The molecule has 0 unspecified atom stereocenters. The van der Waals surface area contributed by atoms with Crippen LogP contribution in [-0.4, -0.2) is 0 Å². The first-order valence-corrected chi connectivity index (χ1v) is 7.00. The molecule has 0 aliphatic heterocycles. The molecule has 0 saturated heterocycles. The summed E-state index contributed by atoms with van der Waals surface area (Å²) in [5, 5.41) is 9.65. The van der Waals surface area contributed by atoms with E-state index in [4.69, 9.17) is 10.00 Å². The number of ether oxygens (including phenoxy) is 1. The summed E-state index contributed by atoms with van der Waals surface area (Å²) in [5.41, 5.74) is 0.350. The molecule has 2 aromatic rings. The fourth-order valence-electron chi connectivity index (χ4n) is 1.70. The van der Waals surface area contributed by atoms with E-state index in [1.165, 1.54) is 12.1 Å². The minimum atomic E-state index is -4.43. The van der Waals surface area contributed by atoms with Gasteiger partial charge in [-0.1, -0.05) is 28.1 Å². The molecule has 0 aromatic heterocycles. The molecule has 0 heterocycles. The fraction of sp³-hybridized carbons (Fsp3) is 0.133. The number of nitrogens with zero attached hydrogens (tertiary/aromatic N) is 1. The first-order valence-electron chi connectivity index (χ1n) is 5.88. The number of halogens is 4. The zero-order valence-electron chi connectivity index (χ0n) is 10.6. The average Bonchev–Trinajstić information content (AvgIpc) is 2.47. The van der Waals surface area contributed by atoms with Crippen LogP contribution in [-0.2, 0) is 11.5 Å². The van der Waals surface area contributed by atoms with Crippen molar-refractivity contribution < 1.29 is 17.9 Å². The lowest BCUT2D eigenvalue weighted by atomic mass is 10.1. The monoisotopic (exact) mass is 355 g/mol. The molecule has 0 bridgehead atoms. The summed E-state index contributed by atoms with van der Waals surface area (Å²) >= 11 is 3.27. The van der Waals surface area contributed by atoms with Gasteiger partial charge in [0.2, 0.25) is 0 Å². The van der Waals surface area contributed by atoms with Gasteiger partial charge >= 0.3 is 6.18 Å². The molecule has 21 heavy (non-hydrogen) atoms. The molecule has 0 radical (unpaired) electrons. The minimum Gasteiger partial charge on any atom is -0.456 e. The molecule has 2 rings (SSSR count). The third-order valence-corrected chi connectivity index (χ3v) is 3.36. The van der Waals surface area contributed by atoms with Crippen molar-refractivity contribution in [2.75, 3.05) is 0 Å². The van der Waals surface area contributed by atoms with Crippen LogP contribution in [0.3, 0.4) is 0 Å². The number of hydrogen-bond acceptors (Lipinski definition) is 2. The third kappa shape index (κ3) is 3.76. The van der Waals surface area contributed by atoms with Crippen molar-refractivity contribution in [2.24, 2.45) is 0 Å². The van der Waals surface area contributed by atoms with E-state index in [0.29, 0.717) is 5.33 Å². The van der Waals surface area contributed by atoms with Gasteiger partial charge in [0.1, 0.15) is 17.6 Å². The lowest BCUT2D eigenvalue weighted by Gasteiger charge is -2.11. The van der Waals surface area contributed by atoms with Gasteiger partial charge in [-0.15, -0.1) is 0 Å². The Labute approximate surface area is 127 Å². The Kier molecular flexibility index (Phi) is 4.53. The van der Waals surface area contributed by atoms with Gasteiger partial charge in [0.15, 0.2) is 0 Å². The van der Waals surface area contributed by atoms with E-state index >= 15 is 0 Å². The van der Waals surface area contributed by atoms with Crippen molar-refractivity contribution in [3.8, 4) is 17.6 Å². The maximum Gasteiger partial charge on any atom is 0.416 e. The molecule has 0 N–H and O–H groups in total. The van der Waals surface area contributed by atoms with E-state index in [1.807, 2.05) is 6.07 Å². The highest BCUT2D eigenvalue weighted by Gasteiger charge is 2.30. The Hall–Kier alpha value is -2.00. The molecule has 0 spiro atoms. The van der Waals surface area contributed by atoms with Crippen molar-refractivity contribution in [1.29, 1.82) is 5.26 Å². The van der Waals surface area contributed by atoms with E-state index in [2.05, 4.69) is 15.9 Å². The molecular weight excluding hydrogens is 347 g/mol. The molecular formula is C15H9BrF3NO. The molecule has 0 aliphatic rings. The Balaban J connectivity index is 2.33. The standard InChI is InChI=1S/C15H9BrF3NO/c16-8-10-4-5-14(11(6-10)9-20)21-13-3-1-2-12(7-13)15(17,18)19/h1-7H,8H2. The number of hydrogen-bond donors (Lipinski definition) is 0. The molecule has 0 aliphatic carbocycles. The van der Waals surface area contributed by atoms with Gasteiger partial charge in [0.25, 0.3) is 0 Å². The maximum atomic E-state index is 12.6. The van der Waals surface area contributed by atoms with Crippen LogP contribution in [0.25, 0.3) is 0 Å². The smallest absolute Gasteiger partial charge is 0.416 e. The predicted molar refractivity (Wildman–Crippen MR) is 75.3 cm³/mol. The van der Waals surface area contributed by atoms with E-state index in [-0.39, 0.29) is 17.1 Å². The lowest BCUT2D eigenvalue weighted by molar-refractivity contribution is -0.137. The van der Waals surface area contributed by atoms with Crippen molar-refractivity contribution in [2.45, 2.75) is 11.5 Å². The molecule has 2 aromatic carbocycles. The van der Waals surface area contributed by atoms with Crippen molar-refractivity contribution in [3.05, 3.63) is 59.2 Å². The van der Waals surface area contributed by atoms with Crippen LogP contribution >= 0.6 is 15.9 Å². The molecule has 0 saturated carbocycles. The summed E-state index contributed by atoms with van der Waals surface area (Å²) in [5.74, 6) is 0.259. The van der Waals surface area contributed by atoms with Crippen molar-refractivity contribution in [1.82, 2.24) is 0 Å². The van der Waals surface area contributed by atoms with Crippen LogP contribution in [0.4, 0.5) is 13.2 Å². The summed E-state index contributed by atoms with van der Waals surface area (Å²) in [7, 11) is 0. The van der Waals surface area contributed by atoms with Crippen molar-refractivity contribution in [3.63, 3.8) is 0 Å². The van der Waals surface area contributed by atoms with E-state index in [9.17, 15) is 13.2 Å². The predicted octanol–water partition coefficient (Wildman–Crippen LogP) is 5.26. The van der Waals surface area contributed by atoms with Crippen LogP contribution in [0.15, 0.2) is 42.5 Å². The van der Waals surface area contributed by atoms with Gasteiger partial charge in [0.05, 0.1) is 11.1 Å². The number of rotatable bonds is 3. The Morgan fingerprint density at radius 2 is 1.90 bits per heavy atom. The maximum absolute atomic E-state index is 12.6. The number of nitriles is 1. The van der Waals surface area contributed by atoms with Crippen LogP contribution in [0.2, 0.25) is 0 Å². The second-order valence-electron chi connectivity index (χ2n) is 4.20. The van der Waals surface area contributed by atoms with Gasteiger partial charge < -0.3 is 4.74 Å². The highest BCUT2D eigenvalue weighted by atomic mass is 79.9. The number of benzene rings is 2. The summed E-state index contributed by atoms with van der Waals surface area (Å²) < 4.78 is 43.3. The summed E-state index contributed by atoms with van der Waals surface area (Å²) in [6.07, 6.45) is -4.43. The van der Waals surface area contributed by atoms with Crippen LogP contribution in [0, 0.1) is 11.3 Å². The van der Waals surface area contributed by atoms with Crippen LogP contribution in [0.1, 0.15) is 16.7 Å². The average molecular weight is 356 g/mol. The van der Waals surface area contributed by atoms with Gasteiger partial charge in [-0.25, -0.2) is 0 Å². The normalized spacial score (nSPS) is 11.0. The van der Waals surface area contributed by atoms with Gasteiger partial charge in [0, 0.05) is 5.33 Å². The Morgan fingerprint density at radius 3 is 2.52 bits per heavy atom. The molecule has 6 heteroatoms. The van der Waals surface area contributed by atoms with E-state index < -0.39 is 11.7 Å². The molecule has 0 amide bonds. The number of alkyl halides is 4. The summed E-state index contributed by atoms with van der Waals surface area (Å²) in [6.45, 7) is 0. The van der Waals surface area contributed by atoms with E-state index in [0.717, 1.165) is 17.7 Å². The Morgan fingerprint density at radius 1 is 1.14 bits per heavy atom. The first-order chi connectivity index (χ1) is 9.94. The lowest BCUT2D eigenvalue weighted by Crippen LogP contribution is -2.04. The summed E-state index contributed by atoms with van der Waals surface area (Å²) in [4.78, 5) is 0. The van der Waals surface area contributed by atoms with Gasteiger partial charge in [-0.2, -0.15) is 18.4 Å². The second kappa shape index (κ2) is 6.19. The highest BCUT2D eigenvalue weighted by molar-refractivity contribution is 9.08.